The zero-order valence-corrected chi connectivity index (χ0v) is 10.9. The molecule has 1 saturated carbocycles. The summed E-state index contributed by atoms with van der Waals surface area (Å²) in [5, 5.41) is 11.5. The summed E-state index contributed by atoms with van der Waals surface area (Å²) in [5.74, 6) is -0.676. The smallest absolute Gasteiger partial charge is 0.394 e. The number of aliphatic hydroxyl groups excluding tert-OH is 1. The Morgan fingerprint density at radius 1 is 1.50 bits per heavy atom. The van der Waals surface area contributed by atoms with Gasteiger partial charge < -0.3 is 10.4 Å². The molecule has 6 heteroatoms. The Balaban J connectivity index is 2.03. The largest absolute Gasteiger partial charge is 0.416 e. The third-order valence-electron chi connectivity index (χ3n) is 3.43. The number of carbonyl (C=O) groups is 1. The molecule has 0 aromatic heterocycles. The molecule has 1 aliphatic rings. The van der Waals surface area contributed by atoms with Crippen molar-refractivity contribution in [1.29, 1.82) is 0 Å². The summed E-state index contributed by atoms with van der Waals surface area (Å²) in [6.07, 6.45) is -3.82. The molecule has 1 aromatic carbocycles. The highest BCUT2D eigenvalue weighted by Crippen LogP contribution is 2.48. The van der Waals surface area contributed by atoms with Gasteiger partial charge in [-0.3, -0.25) is 4.79 Å². The van der Waals surface area contributed by atoms with Gasteiger partial charge in [-0.2, -0.15) is 13.2 Å². The van der Waals surface area contributed by atoms with Gasteiger partial charge in [-0.25, -0.2) is 0 Å². The number of alkyl halides is 3. The second-order valence-electron chi connectivity index (χ2n) is 5.16. The van der Waals surface area contributed by atoms with Gasteiger partial charge in [-0.05, 0) is 30.9 Å². The first-order chi connectivity index (χ1) is 9.32. The Morgan fingerprint density at radius 2 is 2.20 bits per heavy atom. The maximum absolute atomic E-state index is 12.6. The van der Waals surface area contributed by atoms with Crippen LogP contribution in [0.4, 0.5) is 13.2 Å². The fraction of sp³-hybridized carbons (Fsp3) is 0.500. The minimum Gasteiger partial charge on any atom is -0.394 e. The second kappa shape index (κ2) is 5.44. The molecule has 2 N–H and O–H groups in total. The van der Waals surface area contributed by atoms with Crippen LogP contribution in [0.2, 0.25) is 0 Å². The Morgan fingerprint density at radius 3 is 2.80 bits per heavy atom. The molecule has 2 rings (SSSR count). The van der Waals surface area contributed by atoms with Crippen molar-refractivity contribution in [2.75, 3.05) is 6.61 Å². The second-order valence-corrected chi connectivity index (χ2v) is 5.16. The molecule has 3 atom stereocenters. The van der Waals surface area contributed by atoms with Gasteiger partial charge in [-0.15, -0.1) is 0 Å². The number of nitrogens with one attached hydrogen (secondary N) is 1. The Hall–Kier alpha value is -1.56. The van der Waals surface area contributed by atoms with Crippen LogP contribution in [0.1, 0.15) is 30.4 Å². The monoisotopic (exact) mass is 287 g/mol. The highest BCUT2D eigenvalue weighted by molar-refractivity contribution is 5.83. The number of hydrogen-bond donors (Lipinski definition) is 2. The molecule has 20 heavy (non-hydrogen) atoms. The van der Waals surface area contributed by atoms with Crippen molar-refractivity contribution in [3.05, 3.63) is 35.4 Å². The van der Waals surface area contributed by atoms with E-state index >= 15 is 0 Å². The summed E-state index contributed by atoms with van der Waals surface area (Å²) in [5.41, 5.74) is -0.151. The van der Waals surface area contributed by atoms with E-state index in [9.17, 15) is 18.0 Å². The number of halogens is 3. The molecule has 110 valence electrons. The highest BCUT2D eigenvalue weighted by atomic mass is 19.4. The molecular formula is C14H16F3NO2. The van der Waals surface area contributed by atoms with E-state index in [0.717, 1.165) is 12.1 Å². The normalized spacial score (nSPS) is 23.2. The Labute approximate surface area is 114 Å². The summed E-state index contributed by atoms with van der Waals surface area (Å²) in [6, 6.07) is 4.76. The highest BCUT2D eigenvalue weighted by Gasteiger charge is 2.44. The lowest BCUT2D eigenvalue weighted by molar-refractivity contribution is -0.137. The molecule has 3 unspecified atom stereocenters. The minimum absolute atomic E-state index is 0.160. The predicted molar refractivity (Wildman–Crippen MR) is 67.0 cm³/mol. The fourth-order valence-electron chi connectivity index (χ4n) is 2.19. The first-order valence-electron chi connectivity index (χ1n) is 6.41. The first-order valence-corrected chi connectivity index (χ1v) is 6.41. The summed E-state index contributed by atoms with van der Waals surface area (Å²) < 4.78 is 37.9. The van der Waals surface area contributed by atoms with Crippen LogP contribution in [0, 0.1) is 5.92 Å². The van der Waals surface area contributed by atoms with E-state index in [0.29, 0.717) is 12.0 Å². The zero-order chi connectivity index (χ0) is 14.9. The first kappa shape index (κ1) is 14.8. The lowest BCUT2D eigenvalue weighted by atomic mass is 10.1. The van der Waals surface area contributed by atoms with E-state index in [-0.39, 0.29) is 30.4 Å². The van der Waals surface area contributed by atoms with Crippen molar-refractivity contribution < 1.29 is 23.1 Å². The molecule has 0 bridgehead atoms. The molecule has 1 amide bonds. The van der Waals surface area contributed by atoms with Crippen LogP contribution in [0.5, 0.6) is 0 Å². The number of aliphatic hydroxyl groups is 1. The predicted octanol–water partition coefficient (Wildman–Crippen LogP) is 2.31. The molecule has 0 spiro atoms. The van der Waals surface area contributed by atoms with Crippen LogP contribution in [0.25, 0.3) is 0 Å². The standard InChI is InChI=1S/C14H16F3NO2/c1-8(7-19)18-13(20)12-6-11(12)9-3-2-4-10(5-9)14(15,16)17/h2-5,8,11-12,19H,6-7H2,1H3,(H,18,20). The molecule has 3 nitrogen and oxygen atoms in total. The van der Waals surface area contributed by atoms with Crippen LogP contribution >= 0.6 is 0 Å². The van der Waals surface area contributed by atoms with Crippen LogP contribution < -0.4 is 5.32 Å². The molecule has 1 aliphatic carbocycles. The quantitative estimate of drug-likeness (QED) is 0.892. The van der Waals surface area contributed by atoms with Crippen LogP contribution in [-0.4, -0.2) is 23.7 Å². The Kier molecular flexibility index (Phi) is 4.04. The van der Waals surface area contributed by atoms with Crippen LogP contribution in [-0.2, 0) is 11.0 Å². The van der Waals surface area contributed by atoms with Crippen LogP contribution in [0.15, 0.2) is 24.3 Å². The summed E-state index contributed by atoms with van der Waals surface area (Å²) >= 11 is 0. The number of hydrogen-bond acceptors (Lipinski definition) is 2. The fourth-order valence-corrected chi connectivity index (χ4v) is 2.19. The van der Waals surface area contributed by atoms with Crippen molar-refractivity contribution in [2.45, 2.75) is 31.5 Å². The Bertz CT molecular complexity index is 501. The maximum atomic E-state index is 12.6. The average molecular weight is 287 g/mol. The summed E-state index contributed by atoms with van der Waals surface area (Å²) in [4.78, 5) is 11.8. The third kappa shape index (κ3) is 3.30. The van der Waals surface area contributed by atoms with Gasteiger partial charge >= 0.3 is 6.18 Å². The van der Waals surface area contributed by atoms with Gasteiger partial charge in [-0.1, -0.05) is 18.2 Å². The van der Waals surface area contributed by atoms with E-state index in [1.165, 1.54) is 6.07 Å². The summed E-state index contributed by atoms with van der Waals surface area (Å²) in [6.45, 7) is 1.51. The summed E-state index contributed by atoms with van der Waals surface area (Å²) in [7, 11) is 0. The van der Waals surface area contributed by atoms with Crippen molar-refractivity contribution in [2.24, 2.45) is 5.92 Å². The maximum Gasteiger partial charge on any atom is 0.416 e. The van der Waals surface area contributed by atoms with Crippen molar-refractivity contribution in [3.8, 4) is 0 Å². The number of benzene rings is 1. The SMILES string of the molecule is CC(CO)NC(=O)C1CC1c1cccc(C(F)(F)F)c1. The zero-order valence-electron chi connectivity index (χ0n) is 10.9. The van der Waals surface area contributed by atoms with Crippen molar-refractivity contribution in [1.82, 2.24) is 5.32 Å². The molecule has 0 saturated heterocycles. The molecule has 0 radical (unpaired) electrons. The molecule has 0 heterocycles. The van der Waals surface area contributed by atoms with E-state index < -0.39 is 11.7 Å². The van der Waals surface area contributed by atoms with Crippen molar-refractivity contribution >= 4 is 5.91 Å². The van der Waals surface area contributed by atoms with E-state index in [4.69, 9.17) is 5.11 Å². The lowest BCUT2D eigenvalue weighted by Crippen LogP contribution is -2.36. The van der Waals surface area contributed by atoms with Gasteiger partial charge in [0.1, 0.15) is 0 Å². The van der Waals surface area contributed by atoms with Gasteiger partial charge in [0.2, 0.25) is 5.91 Å². The van der Waals surface area contributed by atoms with E-state index in [1.54, 1.807) is 13.0 Å². The molecule has 1 fully saturated rings. The van der Waals surface area contributed by atoms with Crippen molar-refractivity contribution in [3.63, 3.8) is 0 Å². The lowest BCUT2D eigenvalue weighted by Gasteiger charge is -2.11. The molecule has 0 aliphatic heterocycles. The van der Waals surface area contributed by atoms with Gasteiger partial charge in [0.25, 0.3) is 0 Å². The average Bonchev–Trinajstić information content (AvgIpc) is 3.18. The molecule has 1 aromatic rings. The third-order valence-corrected chi connectivity index (χ3v) is 3.43. The van der Waals surface area contributed by atoms with Gasteiger partial charge in [0.05, 0.1) is 12.2 Å². The molecular weight excluding hydrogens is 271 g/mol. The van der Waals surface area contributed by atoms with Crippen LogP contribution in [0.3, 0.4) is 0 Å². The number of amides is 1. The van der Waals surface area contributed by atoms with E-state index in [1.807, 2.05) is 0 Å². The topological polar surface area (TPSA) is 49.3 Å². The van der Waals surface area contributed by atoms with Gasteiger partial charge in [0, 0.05) is 12.0 Å². The van der Waals surface area contributed by atoms with Gasteiger partial charge in [0.15, 0.2) is 0 Å². The number of carbonyl (C=O) groups excluding carboxylic acids is 1. The van der Waals surface area contributed by atoms with E-state index in [2.05, 4.69) is 5.32 Å². The minimum atomic E-state index is -4.37. The number of rotatable bonds is 4.